The van der Waals surface area contributed by atoms with Gasteiger partial charge in [0.05, 0.1) is 26.4 Å². The van der Waals surface area contributed by atoms with Crippen LogP contribution in [0.3, 0.4) is 0 Å². The van der Waals surface area contributed by atoms with Gasteiger partial charge in [0.15, 0.2) is 0 Å². The first-order chi connectivity index (χ1) is 7.24. The standard InChI is InChI=1S/C4H10O3.C4H10O.C2H5Cl/c5-1-3-7-4-2-6;1-3-5-4-2;1-2-3/h5-6H,1-4H2;3-4H2,1-2H3;2H2,1H3. The molecule has 0 amide bonds. The van der Waals surface area contributed by atoms with Crippen molar-refractivity contribution >= 4 is 11.6 Å². The fraction of sp³-hybridized carbons (Fsp3) is 1.00. The van der Waals surface area contributed by atoms with E-state index in [0.717, 1.165) is 19.1 Å². The second-order valence-electron chi connectivity index (χ2n) is 2.11. The quantitative estimate of drug-likeness (QED) is 0.546. The molecule has 0 aromatic carbocycles. The first kappa shape index (κ1) is 20.5. The molecule has 0 aromatic rings. The smallest absolute Gasteiger partial charge is 0.0698 e. The van der Waals surface area contributed by atoms with Crippen LogP contribution in [-0.4, -0.2) is 55.7 Å². The molecular weight excluding hydrogens is 220 g/mol. The van der Waals surface area contributed by atoms with Crippen molar-refractivity contribution in [1.82, 2.24) is 0 Å². The average Bonchev–Trinajstić information content (AvgIpc) is 2.22. The van der Waals surface area contributed by atoms with Gasteiger partial charge in [-0.25, -0.2) is 0 Å². The third-order valence-corrected chi connectivity index (χ3v) is 0.879. The van der Waals surface area contributed by atoms with Crippen LogP contribution < -0.4 is 0 Å². The number of aliphatic hydroxyl groups excluding tert-OH is 2. The highest BCUT2D eigenvalue weighted by molar-refractivity contribution is 6.17. The van der Waals surface area contributed by atoms with E-state index in [1.54, 1.807) is 0 Å². The Morgan fingerprint density at radius 2 is 1.20 bits per heavy atom. The van der Waals surface area contributed by atoms with Crippen molar-refractivity contribution in [1.29, 1.82) is 0 Å². The average molecular weight is 245 g/mol. The predicted molar refractivity (Wildman–Crippen MR) is 63.6 cm³/mol. The van der Waals surface area contributed by atoms with Crippen molar-refractivity contribution < 1.29 is 19.7 Å². The van der Waals surface area contributed by atoms with Crippen LogP contribution in [0.2, 0.25) is 0 Å². The minimum absolute atomic E-state index is 0.0278. The summed E-state index contributed by atoms with van der Waals surface area (Å²) < 4.78 is 9.47. The second kappa shape index (κ2) is 29.2. The molecule has 0 aliphatic carbocycles. The molecule has 0 aliphatic rings. The number of hydrogen-bond donors (Lipinski definition) is 2. The first-order valence-electron chi connectivity index (χ1n) is 5.18. The molecule has 15 heavy (non-hydrogen) atoms. The maximum atomic E-state index is 8.09. The summed E-state index contributed by atoms with van der Waals surface area (Å²) in [6.07, 6.45) is 0. The minimum Gasteiger partial charge on any atom is -0.394 e. The van der Waals surface area contributed by atoms with Crippen molar-refractivity contribution in [2.75, 3.05) is 45.5 Å². The van der Waals surface area contributed by atoms with Gasteiger partial charge in [-0.15, -0.1) is 11.6 Å². The molecule has 0 unspecified atom stereocenters. The molecule has 0 heterocycles. The van der Waals surface area contributed by atoms with Crippen molar-refractivity contribution in [3.63, 3.8) is 0 Å². The van der Waals surface area contributed by atoms with Crippen molar-refractivity contribution in [3.8, 4) is 0 Å². The lowest BCUT2D eigenvalue weighted by atomic mass is 10.7. The van der Waals surface area contributed by atoms with Crippen molar-refractivity contribution in [2.24, 2.45) is 0 Å². The molecule has 0 radical (unpaired) electrons. The summed E-state index contributed by atoms with van der Waals surface area (Å²) >= 11 is 5.00. The molecule has 0 spiro atoms. The Bertz CT molecular complexity index is 68.4. The van der Waals surface area contributed by atoms with Gasteiger partial charge < -0.3 is 19.7 Å². The van der Waals surface area contributed by atoms with Gasteiger partial charge in [-0.1, -0.05) is 6.92 Å². The summed E-state index contributed by atoms with van der Waals surface area (Å²) in [6.45, 7) is 8.25. The van der Waals surface area contributed by atoms with Crippen LogP contribution in [0.15, 0.2) is 0 Å². The summed E-state index contributed by atoms with van der Waals surface area (Å²) in [7, 11) is 0. The second-order valence-corrected chi connectivity index (χ2v) is 2.64. The topological polar surface area (TPSA) is 58.9 Å². The van der Waals surface area contributed by atoms with Gasteiger partial charge in [0.1, 0.15) is 0 Å². The van der Waals surface area contributed by atoms with E-state index in [0.29, 0.717) is 13.2 Å². The van der Waals surface area contributed by atoms with Crippen LogP contribution >= 0.6 is 11.6 Å². The first-order valence-corrected chi connectivity index (χ1v) is 5.71. The van der Waals surface area contributed by atoms with Crippen LogP contribution in [0, 0.1) is 0 Å². The molecule has 96 valence electrons. The van der Waals surface area contributed by atoms with Gasteiger partial charge in [0.25, 0.3) is 0 Å². The van der Waals surface area contributed by atoms with E-state index in [4.69, 9.17) is 26.6 Å². The van der Waals surface area contributed by atoms with E-state index in [1.165, 1.54) is 0 Å². The molecule has 0 saturated carbocycles. The Hall–Kier alpha value is 0.130. The number of hydrogen-bond acceptors (Lipinski definition) is 4. The van der Waals surface area contributed by atoms with Crippen LogP contribution in [-0.2, 0) is 9.47 Å². The summed E-state index contributed by atoms with van der Waals surface area (Å²) in [5, 5.41) is 16.2. The summed E-state index contributed by atoms with van der Waals surface area (Å²) in [5.41, 5.74) is 0. The Kier molecular flexibility index (Phi) is 40.0. The molecule has 5 heteroatoms. The Morgan fingerprint density at radius 1 is 0.867 bits per heavy atom. The Labute approximate surface area is 98.2 Å². The zero-order chi connectivity index (χ0) is 12.4. The van der Waals surface area contributed by atoms with Gasteiger partial charge in [-0.05, 0) is 13.8 Å². The third kappa shape index (κ3) is 55.3. The molecule has 4 nitrogen and oxygen atoms in total. The molecule has 0 aliphatic heterocycles. The Balaban J connectivity index is -0.000000158. The zero-order valence-electron chi connectivity index (χ0n) is 10.0. The maximum Gasteiger partial charge on any atom is 0.0698 e. The van der Waals surface area contributed by atoms with Gasteiger partial charge >= 0.3 is 0 Å². The number of rotatable bonds is 6. The largest absolute Gasteiger partial charge is 0.394 e. The number of aliphatic hydroxyl groups is 2. The minimum atomic E-state index is 0.0278. The van der Waals surface area contributed by atoms with E-state index in [2.05, 4.69) is 4.74 Å². The van der Waals surface area contributed by atoms with E-state index < -0.39 is 0 Å². The highest BCUT2D eigenvalue weighted by Crippen LogP contribution is 1.68. The van der Waals surface area contributed by atoms with Gasteiger partial charge in [-0.3, -0.25) is 0 Å². The number of ether oxygens (including phenoxy) is 2. The summed E-state index contributed by atoms with van der Waals surface area (Å²) in [4.78, 5) is 0. The van der Waals surface area contributed by atoms with E-state index in [-0.39, 0.29) is 13.2 Å². The van der Waals surface area contributed by atoms with Crippen LogP contribution in [0.1, 0.15) is 20.8 Å². The van der Waals surface area contributed by atoms with Crippen LogP contribution in [0.4, 0.5) is 0 Å². The molecule has 2 N–H and O–H groups in total. The lowest BCUT2D eigenvalue weighted by Gasteiger charge is -1.94. The summed E-state index contributed by atoms with van der Waals surface area (Å²) in [5.74, 6) is 0.722. The molecule has 0 aromatic heterocycles. The SMILES string of the molecule is CCCl.CCOCC.OCCOCCO. The van der Waals surface area contributed by atoms with Crippen LogP contribution in [0.25, 0.3) is 0 Å². The lowest BCUT2D eigenvalue weighted by Crippen LogP contribution is -2.03. The molecular formula is C10H25ClO4. The Morgan fingerprint density at radius 3 is 1.33 bits per heavy atom. The highest BCUT2D eigenvalue weighted by atomic mass is 35.5. The van der Waals surface area contributed by atoms with E-state index in [1.807, 2.05) is 20.8 Å². The molecule has 0 atom stereocenters. The van der Waals surface area contributed by atoms with Gasteiger partial charge in [0.2, 0.25) is 0 Å². The third-order valence-electron chi connectivity index (χ3n) is 0.879. The number of alkyl halides is 1. The fourth-order valence-electron chi connectivity index (χ4n) is 0.435. The van der Waals surface area contributed by atoms with Gasteiger partial charge in [0, 0.05) is 19.1 Å². The zero-order valence-corrected chi connectivity index (χ0v) is 10.8. The van der Waals surface area contributed by atoms with E-state index in [9.17, 15) is 0 Å². The summed E-state index contributed by atoms with van der Waals surface area (Å²) in [6, 6.07) is 0. The molecule has 0 saturated heterocycles. The maximum absolute atomic E-state index is 8.09. The number of halogens is 1. The normalized spacial score (nSPS) is 8.40. The fourth-order valence-corrected chi connectivity index (χ4v) is 0.435. The molecule has 0 rings (SSSR count). The van der Waals surface area contributed by atoms with Crippen molar-refractivity contribution in [2.45, 2.75) is 20.8 Å². The van der Waals surface area contributed by atoms with Crippen molar-refractivity contribution in [3.05, 3.63) is 0 Å². The van der Waals surface area contributed by atoms with Gasteiger partial charge in [-0.2, -0.15) is 0 Å². The molecule has 0 fully saturated rings. The monoisotopic (exact) mass is 244 g/mol. The predicted octanol–water partition coefficient (Wildman–Crippen LogP) is 1.28. The van der Waals surface area contributed by atoms with Crippen LogP contribution in [0.5, 0.6) is 0 Å². The molecule has 0 bridgehead atoms. The highest BCUT2D eigenvalue weighted by Gasteiger charge is 1.79. The van der Waals surface area contributed by atoms with E-state index >= 15 is 0 Å². The lowest BCUT2D eigenvalue weighted by molar-refractivity contribution is 0.0650.